The van der Waals surface area contributed by atoms with E-state index in [1.807, 2.05) is 84.9 Å². The van der Waals surface area contributed by atoms with Gasteiger partial charge in [0.1, 0.15) is 0 Å². The molecule has 160 valence electrons. The summed E-state index contributed by atoms with van der Waals surface area (Å²) in [5.74, 6) is -0.0403. The number of likely N-dealkylation sites (N-methyl/N-ethyl adjacent to an activating group) is 1. The van der Waals surface area contributed by atoms with Crippen LogP contribution in [-0.4, -0.2) is 23.0 Å². The van der Waals surface area contributed by atoms with Gasteiger partial charge in [0.2, 0.25) is 0 Å². The number of amides is 1. The van der Waals surface area contributed by atoms with E-state index in [1.165, 1.54) is 11.8 Å². The van der Waals surface area contributed by atoms with Crippen LogP contribution in [0.3, 0.4) is 0 Å². The molecule has 32 heavy (non-hydrogen) atoms. The van der Waals surface area contributed by atoms with Crippen LogP contribution in [0.1, 0.15) is 5.56 Å². The molecule has 0 saturated carbocycles. The van der Waals surface area contributed by atoms with E-state index in [2.05, 4.69) is 18.2 Å². The fourth-order valence-corrected chi connectivity index (χ4v) is 3.94. The van der Waals surface area contributed by atoms with Gasteiger partial charge in [-0.05, 0) is 58.8 Å². The lowest BCUT2D eigenvalue weighted by atomic mass is 10.0. The van der Waals surface area contributed by atoms with Crippen molar-refractivity contribution in [1.29, 1.82) is 0 Å². The molecule has 0 radical (unpaired) electrons. The number of aliphatic imine (C=N–C) groups is 1. The SMILES string of the molecule is C=CC=C.CN1C(=O)/C(=C/c2ccc(-c3ccc(Cl)cc3)cc2)SC1=Nc1ccccc1. The predicted molar refractivity (Wildman–Crippen MR) is 139 cm³/mol. The van der Waals surface area contributed by atoms with Crippen molar-refractivity contribution >= 4 is 46.2 Å². The second-order valence-corrected chi connectivity index (χ2v) is 8.25. The molecule has 3 aromatic carbocycles. The molecule has 1 heterocycles. The molecule has 3 aromatic rings. The molecule has 0 spiro atoms. The van der Waals surface area contributed by atoms with E-state index in [0.29, 0.717) is 10.1 Å². The van der Waals surface area contributed by atoms with Gasteiger partial charge in [0, 0.05) is 12.1 Å². The van der Waals surface area contributed by atoms with E-state index >= 15 is 0 Å². The molecular weight excluding hydrogens is 436 g/mol. The summed E-state index contributed by atoms with van der Waals surface area (Å²) in [7, 11) is 1.75. The van der Waals surface area contributed by atoms with E-state index in [9.17, 15) is 4.79 Å². The van der Waals surface area contributed by atoms with Crippen LogP contribution < -0.4 is 0 Å². The number of benzene rings is 3. The van der Waals surface area contributed by atoms with Gasteiger partial charge in [0.25, 0.3) is 5.91 Å². The second kappa shape index (κ2) is 11.3. The number of allylic oxidation sites excluding steroid dienone is 2. The number of thioether (sulfide) groups is 1. The predicted octanol–water partition coefficient (Wildman–Crippen LogP) is 7.60. The molecule has 5 heteroatoms. The first-order chi connectivity index (χ1) is 15.5. The van der Waals surface area contributed by atoms with Crippen molar-refractivity contribution in [3.63, 3.8) is 0 Å². The number of nitrogens with zero attached hydrogens (tertiary/aromatic N) is 2. The van der Waals surface area contributed by atoms with Crippen LogP contribution >= 0.6 is 23.4 Å². The molecule has 0 bridgehead atoms. The normalized spacial score (nSPS) is 15.4. The summed E-state index contributed by atoms with van der Waals surface area (Å²) in [6.07, 6.45) is 5.18. The lowest BCUT2D eigenvalue weighted by Crippen LogP contribution is -2.23. The van der Waals surface area contributed by atoms with Crippen LogP contribution in [0.15, 0.2) is 114 Å². The zero-order valence-corrected chi connectivity index (χ0v) is 19.3. The van der Waals surface area contributed by atoms with Crippen molar-refractivity contribution in [3.05, 3.63) is 120 Å². The highest BCUT2D eigenvalue weighted by Gasteiger charge is 2.30. The van der Waals surface area contributed by atoms with Crippen LogP contribution in [-0.2, 0) is 4.79 Å². The Labute approximate surface area is 198 Å². The molecule has 1 saturated heterocycles. The van der Waals surface area contributed by atoms with Gasteiger partial charge in [0.05, 0.1) is 10.6 Å². The van der Waals surface area contributed by atoms with Gasteiger partial charge >= 0.3 is 0 Å². The Hall–Kier alpha value is -3.34. The third kappa shape index (κ3) is 6.10. The third-order valence-electron chi connectivity index (χ3n) is 4.54. The number of para-hydroxylation sites is 1. The van der Waals surface area contributed by atoms with Crippen LogP contribution in [0.4, 0.5) is 5.69 Å². The summed E-state index contributed by atoms with van der Waals surface area (Å²) in [5.41, 5.74) is 4.01. The summed E-state index contributed by atoms with van der Waals surface area (Å²) in [6.45, 7) is 6.72. The molecule has 0 N–H and O–H groups in total. The Bertz CT molecular complexity index is 1140. The fourth-order valence-electron chi connectivity index (χ4n) is 2.83. The number of hydrogen-bond acceptors (Lipinski definition) is 3. The average molecular weight is 459 g/mol. The van der Waals surface area contributed by atoms with Crippen molar-refractivity contribution in [2.45, 2.75) is 0 Å². The average Bonchev–Trinajstić information content (AvgIpc) is 3.08. The lowest BCUT2D eigenvalue weighted by Gasteiger charge is -2.06. The van der Waals surface area contributed by atoms with Gasteiger partial charge in [-0.2, -0.15) is 0 Å². The first-order valence-electron chi connectivity index (χ1n) is 9.92. The van der Waals surface area contributed by atoms with E-state index in [0.717, 1.165) is 27.4 Å². The minimum Gasteiger partial charge on any atom is -0.290 e. The summed E-state index contributed by atoms with van der Waals surface area (Å²) in [4.78, 5) is 19.4. The Morgan fingerprint density at radius 2 is 1.44 bits per heavy atom. The van der Waals surface area contributed by atoms with Crippen molar-refractivity contribution in [3.8, 4) is 11.1 Å². The maximum absolute atomic E-state index is 12.6. The van der Waals surface area contributed by atoms with Crippen molar-refractivity contribution in [2.24, 2.45) is 4.99 Å². The number of halogens is 1. The topological polar surface area (TPSA) is 32.7 Å². The first kappa shape index (κ1) is 23.3. The number of carbonyl (C=O) groups is 1. The Kier molecular flexibility index (Phi) is 8.26. The van der Waals surface area contributed by atoms with Crippen molar-refractivity contribution in [2.75, 3.05) is 7.05 Å². The largest absolute Gasteiger partial charge is 0.290 e. The van der Waals surface area contributed by atoms with Gasteiger partial charge in [-0.1, -0.05) is 91.5 Å². The number of amidine groups is 1. The molecule has 0 aromatic heterocycles. The molecule has 1 amide bonds. The molecule has 0 aliphatic carbocycles. The van der Waals surface area contributed by atoms with E-state index < -0.39 is 0 Å². The van der Waals surface area contributed by atoms with Gasteiger partial charge in [0.15, 0.2) is 5.17 Å². The Morgan fingerprint density at radius 1 is 0.875 bits per heavy atom. The van der Waals surface area contributed by atoms with Gasteiger partial charge in [-0.3, -0.25) is 9.69 Å². The monoisotopic (exact) mass is 458 g/mol. The van der Waals surface area contributed by atoms with Crippen LogP contribution in [0.2, 0.25) is 5.02 Å². The highest BCUT2D eigenvalue weighted by atomic mass is 35.5. The Balaban J connectivity index is 0.000000668. The minimum absolute atomic E-state index is 0.0403. The van der Waals surface area contributed by atoms with E-state index in [-0.39, 0.29) is 5.91 Å². The molecule has 1 aliphatic heterocycles. The lowest BCUT2D eigenvalue weighted by molar-refractivity contribution is -0.121. The molecule has 4 rings (SSSR count). The van der Waals surface area contributed by atoms with Crippen molar-refractivity contribution < 1.29 is 4.79 Å². The molecule has 0 unspecified atom stereocenters. The summed E-state index contributed by atoms with van der Waals surface area (Å²) < 4.78 is 0. The maximum Gasteiger partial charge on any atom is 0.266 e. The minimum atomic E-state index is -0.0403. The zero-order valence-electron chi connectivity index (χ0n) is 17.7. The fraction of sp³-hybridized carbons (Fsp3) is 0.0370. The quantitative estimate of drug-likeness (QED) is 0.298. The molecule has 1 fully saturated rings. The van der Waals surface area contributed by atoms with Crippen LogP contribution in [0.5, 0.6) is 0 Å². The first-order valence-corrected chi connectivity index (χ1v) is 11.1. The standard InChI is InChI=1S/C23H17ClN2OS.C4H6/c1-26-22(27)21(28-23(26)25-20-5-3-2-4-6-20)15-16-7-9-17(10-8-16)18-11-13-19(24)14-12-18;1-3-4-2/h2-15H,1H3;3-4H,1-2H2/b21-15-,25-23?;. The van der Waals surface area contributed by atoms with Crippen molar-refractivity contribution in [1.82, 2.24) is 4.90 Å². The van der Waals surface area contributed by atoms with Crippen LogP contribution in [0.25, 0.3) is 17.2 Å². The van der Waals surface area contributed by atoms with Gasteiger partial charge in [-0.15, -0.1) is 0 Å². The Morgan fingerprint density at radius 3 is 2.00 bits per heavy atom. The zero-order chi connectivity index (χ0) is 22.9. The second-order valence-electron chi connectivity index (χ2n) is 6.81. The highest BCUT2D eigenvalue weighted by Crippen LogP contribution is 2.33. The molecule has 0 atom stereocenters. The van der Waals surface area contributed by atoms with Gasteiger partial charge < -0.3 is 0 Å². The smallest absolute Gasteiger partial charge is 0.266 e. The molecule has 3 nitrogen and oxygen atoms in total. The van der Waals surface area contributed by atoms with E-state index in [1.54, 1.807) is 24.1 Å². The highest BCUT2D eigenvalue weighted by molar-refractivity contribution is 8.18. The number of hydrogen-bond donors (Lipinski definition) is 0. The summed E-state index contributed by atoms with van der Waals surface area (Å²) in [5, 5.41) is 1.40. The van der Waals surface area contributed by atoms with Gasteiger partial charge in [-0.25, -0.2) is 4.99 Å². The number of carbonyl (C=O) groups excluding carboxylic acids is 1. The number of rotatable bonds is 4. The summed E-state index contributed by atoms with van der Waals surface area (Å²) in [6, 6.07) is 25.5. The third-order valence-corrected chi connectivity index (χ3v) is 5.85. The molecular formula is C27H23ClN2OS. The van der Waals surface area contributed by atoms with Crippen LogP contribution in [0, 0.1) is 0 Å². The summed E-state index contributed by atoms with van der Waals surface area (Å²) >= 11 is 7.34. The molecule has 1 aliphatic rings. The maximum atomic E-state index is 12.6. The van der Waals surface area contributed by atoms with E-state index in [4.69, 9.17) is 11.6 Å².